The molecule has 8 nitrogen and oxygen atoms in total. The van der Waals surface area contributed by atoms with E-state index in [1.807, 2.05) is 0 Å². The summed E-state index contributed by atoms with van der Waals surface area (Å²) in [6, 6.07) is 17.5. The molecule has 0 aliphatic rings. The van der Waals surface area contributed by atoms with E-state index in [0.29, 0.717) is 22.6 Å². The van der Waals surface area contributed by atoms with Gasteiger partial charge in [-0.2, -0.15) is 0 Å². The zero-order valence-electron chi connectivity index (χ0n) is 19.3. The number of benzene rings is 3. The number of hydrogen-bond donors (Lipinski definition) is 0. The summed E-state index contributed by atoms with van der Waals surface area (Å²) in [4.78, 5) is 38.6. The first-order valence-electron chi connectivity index (χ1n) is 10.7. The third kappa shape index (κ3) is 4.86. The van der Waals surface area contributed by atoms with Crippen molar-refractivity contribution in [3.63, 3.8) is 0 Å². The molecule has 0 saturated carbocycles. The Morgan fingerprint density at radius 2 is 1.40 bits per heavy atom. The maximum atomic E-state index is 13.4. The van der Waals surface area contributed by atoms with Gasteiger partial charge in [-0.25, -0.2) is 9.59 Å². The summed E-state index contributed by atoms with van der Waals surface area (Å²) in [5.41, 5.74) is 0.512. The summed E-state index contributed by atoms with van der Waals surface area (Å²) in [7, 11) is 3.06. The summed E-state index contributed by atoms with van der Waals surface area (Å²) in [6.07, 6.45) is 0. The highest BCUT2D eigenvalue weighted by Gasteiger charge is 2.23. The van der Waals surface area contributed by atoms with Gasteiger partial charge >= 0.3 is 11.9 Å². The summed E-state index contributed by atoms with van der Waals surface area (Å²) < 4.78 is 26.7. The number of methoxy groups -OCH3 is 2. The molecule has 35 heavy (non-hydrogen) atoms. The van der Waals surface area contributed by atoms with E-state index >= 15 is 0 Å². The van der Waals surface area contributed by atoms with Crippen LogP contribution in [0.1, 0.15) is 27.8 Å². The molecular weight excluding hydrogens is 452 g/mol. The van der Waals surface area contributed by atoms with E-state index in [4.69, 9.17) is 23.4 Å². The largest absolute Gasteiger partial charge is 0.497 e. The fraction of sp³-hybridized carbons (Fsp3) is 0.148. The summed E-state index contributed by atoms with van der Waals surface area (Å²) >= 11 is 0. The van der Waals surface area contributed by atoms with Crippen molar-refractivity contribution >= 4 is 22.9 Å². The van der Waals surface area contributed by atoms with Gasteiger partial charge in [-0.3, -0.25) is 4.79 Å². The minimum absolute atomic E-state index is 0.0709. The average Bonchev–Trinajstić information content (AvgIpc) is 2.88. The zero-order valence-corrected chi connectivity index (χ0v) is 19.3. The first-order chi connectivity index (χ1) is 16.9. The molecule has 0 radical (unpaired) electrons. The van der Waals surface area contributed by atoms with E-state index in [9.17, 15) is 14.4 Å². The van der Waals surface area contributed by atoms with Crippen LogP contribution in [0.3, 0.4) is 0 Å². The Labute approximate surface area is 200 Å². The third-order valence-electron chi connectivity index (χ3n) is 5.24. The number of fused-ring (bicyclic) bond motifs is 1. The molecule has 0 N–H and O–H groups in total. The number of rotatable bonds is 7. The molecule has 8 heteroatoms. The first kappa shape index (κ1) is 23.6. The van der Waals surface area contributed by atoms with Crippen molar-refractivity contribution < 1.29 is 33.0 Å². The molecule has 3 aromatic carbocycles. The van der Waals surface area contributed by atoms with Crippen LogP contribution in [0.2, 0.25) is 0 Å². The fourth-order valence-electron chi connectivity index (χ4n) is 3.49. The summed E-state index contributed by atoms with van der Waals surface area (Å²) in [5.74, 6) is -0.275. The van der Waals surface area contributed by atoms with E-state index in [1.165, 1.54) is 32.4 Å². The number of carbonyl (C=O) groups excluding carboxylic acids is 2. The highest BCUT2D eigenvalue weighted by Crippen LogP contribution is 2.29. The van der Waals surface area contributed by atoms with Gasteiger partial charge in [0.05, 0.1) is 37.3 Å². The second-order valence-electron chi connectivity index (χ2n) is 7.36. The van der Waals surface area contributed by atoms with Crippen molar-refractivity contribution in [1.82, 2.24) is 0 Å². The molecule has 0 bridgehead atoms. The van der Waals surface area contributed by atoms with E-state index < -0.39 is 17.4 Å². The molecule has 0 fully saturated rings. The lowest BCUT2D eigenvalue weighted by molar-refractivity contribution is 0.0491. The monoisotopic (exact) mass is 474 g/mol. The standard InChI is InChI=1S/C27H22O8/c1-4-33-27(30)25-23(16-5-9-18(31-2)10-6-16)24(28)21-14-13-20(15-22(21)35-25)34-26(29)17-7-11-19(32-3)12-8-17/h5-15H,4H2,1-3H3. The van der Waals surface area contributed by atoms with E-state index in [0.717, 1.165) is 0 Å². The Bertz CT molecular complexity index is 1430. The van der Waals surface area contributed by atoms with Crippen LogP contribution in [0, 0.1) is 0 Å². The van der Waals surface area contributed by atoms with Gasteiger partial charge in [0, 0.05) is 6.07 Å². The van der Waals surface area contributed by atoms with Crippen molar-refractivity contribution in [2.75, 3.05) is 20.8 Å². The van der Waals surface area contributed by atoms with Crippen molar-refractivity contribution in [3.8, 4) is 28.4 Å². The van der Waals surface area contributed by atoms with Crippen molar-refractivity contribution in [3.05, 3.63) is 88.3 Å². The van der Waals surface area contributed by atoms with Gasteiger partial charge in [-0.15, -0.1) is 0 Å². The minimum Gasteiger partial charge on any atom is -0.497 e. The number of ether oxygens (including phenoxy) is 4. The lowest BCUT2D eigenvalue weighted by atomic mass is 10.0. The molecule has 0 saturated heterocycles. The zero-order chi connectivity index (χ0) is 24.9. The van der Waals surface area contributed by atoms with Crippen molar-refractivity contribution in [2.45, 2.75) is 6.92 Å². The minimum atomic E-state index is -0.780. The molecule has 0 atom stereocenters. The topological polar surface area (TPSA) is 101 Å². The molecule has 1 aromatic heterocycles. The molecular formula is C27H22O8. The van der Waals surface area contributed by atoms with Gasteiger partial charge in [0.15, 0.2) is 0 Å². The molecule has 0 aliphatic heterocycles. The van der Waals surface area contributed by atoms with Crippen LogP contribution < -0.4 is 19.6 Å². The molecule has 0 amide bonds. The Morgan fingerprint density at radius 1 is 0.800 bits per heavy atom. The van der Waals surface area contributed by atoms with Crippen LogP contribution >= 0.6 is 0 Å². The fourth-order valence-corrected chi connectivity index (χ4v) is 3.49. The smallest absolute Gasteiger partial charge is 0.375 e. The van der Waals surface area contributed by atoms with Crippen LogP contribution in [0.4, 0.5) is 0 Å². The van der Waals surface area contributed by atoms with Gasteiger partial charge in [0.2, 0.25) is 11.2 Å². The predicted molar refractivity (Wildman–Crippen MR) is 128 cm³/mol. The van der Waals surface area contributed by atoms with Crippen LogP contribution in [0.5, 0.6) is 17.2 Å². The molecule has 4 aromatic rings. The normalized spacial score (nSPS) is 10.6. The Kier molecular flexibility index (Phi) is 6.82. The van der Waals surface area contributed by atoms with Crippen molar-refractivity contribution in [1.29, 1.82) is 0 Å². The van der Waals surface area contributed by atoms with Gasteiger partial charge in [-0.05, 0) is 61.0 Å². The Hall–Kier alpha value is -4.59. The van der Waals surface area contributed by atoms with Crippen LogP contribution in [-0.4, -0.2) is 32.8 Å². The van der Waals surface area contributed by atoms with Gasteiger partial charge in [-0.1, -0.05) is 12.1 Å². The molecule has 178 valence electrons. The van der Waals surface area contributed by atoms with Crippen LogP contribution in [-0.2, 0) is 4.74 Å². The summed E-state index contributed by atoms with van der Waals surface area (Å²) in [6.45, 7) is 1.75. The Balaban J connectivity index is 1.76. The predicted octanol–water partition coefficient (Wildman–Crippen LogP) is 4.87. The molecule has 4 rings (SSSR count). The highest BCUT2D eigenvalue weighted by atomic mass is 16.5. The van der Waals surface area contributed by atoms with E-state index in [1.54, 1.807) is 55.5 Å². The second-order valence-corrected chi connectivity index (χ2v) is 7.36. The SMILES string of the molecule is CCOC(=O)c1oc2cc(OC(=O)c3ccc(OC)cc3)ccc2c(=O)c1-c1ccc(OC)cc1. The molecule has 0 spiro atoms. The summed E-state index contributed by atoms with van der Waals surface area (Å²) in [5, 5.41) is 0.216. The van der Waals surface area contributed by atoms with Gasteiger partial charge in [0.25, 0.3) is 0 Å². The maximum Gasteiger partial charge on any atom is 0.375 e. The number of carbonyl (C=O) groups is 2. The molecule has 0 unspecified atom stereocenters. The molecule has 1 heterocycles. The third-order valence-corrected chi connectivity index (χ3v) is 5.24. The van der Waals surface area contributed by atoms with Gasteiger partial charge in [0.1, 0.15) is 22.8 Å². The maximum absolute atomic E-state index is 13.4. The quantitative estimate of drug-likeness (QED) is 0.276. The van der Waals surface area contributed by atoms with Crippen LogP contribution in [0.25, 0.3) is 22.1 Å². The highest BCUT2D eigenvalue weighted by molar-refractivity contribution is 5.98. The van der Waals surface area contributed by atoms with Gasteiger partial charge < -0.3 is 23.4 Å². The lowest BCUT2D eigenvalue weighted by Gasteiger charge is -2.11. The Morgan fingerprint density at radius 3 is 2.00 bits per heavy atom. The second kappa shape index (κ2) is 10.1. The van der Waals surface area contributed by atoms with Crippen molar-refractivity contribution in [2.24, 2.45) is 0 Å². The van der Waals surface area contributed by atoms with E-state index in [2.05, 4.69) is 0 Å². The first-order valence-corrected chi connectivity index (χ1v) is 10.7. The average molecular weight is 474 g/mol. The lowest BCUT2D eigenvalue weighted by Crippen LogP contribution is -2.15. The molecule has 0 aliphatic carbocycles. The van der Waals surface area contributed by atoms with Crippen LogP contribution in [0.15, 0.2) is 75.9 Å². The number of esters is 2. The number of hydrogen-bond acceptors (Lipinski definition) is 8. The van der Waals surface area contributed by atoms with E-state index in [-0.39, 0.29) is 34.6 Å².